The summed E-state index contributed by atoms with van der Waals surface area (Å²) in [5.41, 5.74) is 8.89. The van der Waals surface area contributed by atoms with Gasteiger partial charge in [0.2, 0.25) is 0 Å². The monoisotopic (exact) mass is 426 g/mol. The summed E-state index contributed by atoms with van der Waals surface area (Å²) in [6.45, 7) is 9.88. The Morgan fingerprint density at radius 1 is 1.09 bits per heavy atom. The van der Waals surface area contributed by atoms with Gasteiger partial charge in [-0.3, -0.25) is 4.79 Å². The van der Waals surface area contributed by atoms with Crippen molar-refractivity contribution < 1.29 is 4.79 Å². The zero-order valence-electron chi connectivity index (χ0n) is 19.2. The number of rotatable bonds is 6. The Balaban J connectivity index is 1.46. The molecule has 1 aromatic heterocycles. The van der Waals surface area contributed by atoms with Gasteiger partial charge in [-0.25, -0.2) is 5.43 Å². The number of allylic oxidation sites excluding steroid dienone is 1. The highest BCUT2D eigenvalue weighted by atomic mass is 16.2. The Kier molecular flexibility index (Phi) is 5.99. The number of nitrogens with one attached hydrogen (secondary N) is 1. The third kappa shape index (κ3) is 4.37. The lowest BCUT2D eigenvalue weighted by Gasteiger charge is -2.43. The minimum absolute atomic E-state index is 0.00638. The Morgan fingerprint density at radius 2 is 1.81 bits per heavy atom. The Morgan fingerprint density at radius 3 is 2.50 bits per heavy atom. The van der Waals surface area contributed by atoms with E-state index in [-0.39, 0.29) is 11.4 Å². The van der Waals surface area contributed by atoms with Crippen LogP contribution in [0.5, 0.6) is 0 Å². The number of amides is 1. The molecular formula is C27H30N4O. The highest BCUT2D eigenvalue weighted by molar-refractivity contribution is 5.95. The maximum atomic E-state index is 12.5. The Hall–Kier alpha value is -3.60. The lowest BCUT2D eigenvalue weighted by Crippen LogP contribution is -2.45. The molecule has 0 bridgehead atoms. The number of aromatic nitrogens is 1. The van der Waals surface area contributed by atoms with Gasteiger partial charge in [-0.2, -0.15) is 5.10 Å². The van der Waals surface area contributed by atoms with Crippen LogP contribution in [0.25, 0.3) is 11.3 Å². The highest BCUT2D eigenvalue weighted by Gasteiger charge is 2.30. The van der Waals surface area contributed by atoms with Crippen LogP contribution >= 0.6 is 0 Å². The fourth-order valence-corrected chi connectivity index (χ4v) is 4.33. The average Bonchev–Trinajstić information content (AvgIpc) is 3.31. The van der Waals surface area contributed by atoms with E-state index >= 15 is 0 Å². The van der Waals surface area contributed by atoms with Crippen LogP contribution in [0.2, 0.25) is 0 Å². The van der Waals surface area contributed by atoms with Crippen molar-refractivity contribution in [3.8, 4) is 5.69 Å². The van der Waals surface area contributed by atoms with Gasteiger partial charge in [0.25, 0.3) is 5.91 Å². The standard InChI is InChI=1S/C27H30N4O/c1-5-14-31-25-13-8-21(17-24(25)20(2)18-27(31,3)4)19-28-29-26(32)22-9-11-23(12-10-22)30-15-6-7-16-30/h6-13,15-19H,5,14H2,1-4H3,(H,29,32)/b28-19+. The van der Waals surface area contributed by atoms with Crippen LogP contribution in [0.4, 0.5) is 5.69 Å². The van der Waals surface area contributed by atoms with Crippen LogP contribution in [0.1, 0.15) is 55.6 Å². The summed E-state index contributed by atoms with van der Waals surface area (Å²) in [4.78, 5) is 14.9. The number of hydrazone groups is 1. The molecule has 2 aromatic carbocycles. The summed E-state index contributed by atoms with van der Waals surface area (Å²) in [6.07, 6.45) is 9.06. The fraction of sp³-hybridized carbons (Fsp3) is 0.259. The minimum atomic E-state index is -0.231. The molecular weight excluding hydrogens is 396 g/mol. The van der Waals surface area contributed by atoms with Crippen molar-refractivity contribution in [3.63, 3.8) is 0 Å². The van der Waals surface area contributed by atoms with Gasteiger partial charge in [0.15, 0.2) is 0 Å². The molecule has 0 radical (unpaired) electrons. The minimum Gasteiger partial charge on any atom is -0.362 e. The van der Waals surface area contributed by atoms with E-state index in [0.29, 0.717) is 5.56 Å². The number of anilines is 1. The summed E-state index contributed by atoms with van der Waals surface area (Å²) < 4.78 is 2.00. The van der Waals surface area contributed by atoms with E-state index in [1.54, 1.807) is 18.3 Å². The maximum absolute atomic E-state index is 12.5. The predicted molar refractivity (Wildman–Crippen MR) is 133 cm³/mol. The first kappa shape index (κ1) is 21.6. The van der Waals surface area contributed by atoms with Gasteiger partial charge < -0.3 is 9.47 Å². The maximum Gasteiger partial charge on any atom is 0.271 e. The molecule has 0 aliphatic carbocycles. The van der Waals surface area contributed by atoms with Gasteiger partial charge in [0.05, 0.1) is 11.8 Å². The van der Waals surface area contributed by atoms with E-state index < -0.39 is 0 Å². The first-order chi connectivity index (χ1) is 15.4. The smallest absolute Gasteiger partial charge is 0.271 e. The lowest BCUT2D eigenvalue weighted by molar-refractivity contribution is 0.0955. The second-order valence-electron chi connectivity index (χ2n) is 8.75. The SMILES string of the molecule is CCCN1c2ccc(/C=N/NC(=O)c3ccc(-n4cccc4)cc3)cc2C(C)=CC1(C)C. The average molecular weight is 427 g/mol. The summed E-state index contributed by atoms with van der Waals surface area (Å²) in [5.74, 6) is -0.231. The second kappa shape index (κ2) is 8.87. The Bertz CT molecular complexity index is 1150. The number of hydrogen-bond acceptors (Lipinski definition) is 3. The number of fused-ring (bicyclic) bond motifs is 1. The van der Waals surface area contributed by atoms with Crippen LogP contribution in [-0.2, 0) is 0 Å². The topological polar surface area (TPSA) is 49.6 Å². The number of carbonyl (C=O) groups excluding carboxylic acids is 1. The quantitative estimate of drug-likeness (QED) is 0.409. The van der Waals surface area contributed by atoms with Gasteiger partial charge in [-0.15, -0.1) is 0 Å². The predicted octanol–water partition coefficient (Wildman–Crippen LogP) is 5.65. The molecule has 1 N–H and O–H groups in total. The Labute approximate surface area is 190 Å². The lowest BCUT2D eigenvalue weighted by atomic mass is 9.88. The zero-order chi connectivity index (χ0) is 22.7. The van der Waals surface area contributed by atoms with Crippen molar-refractivity contribution in [3.05, 3.63) is 89.8 Å². The van der Waals surface area contributed by atoms with Crippen molar-refractivity contribution >= 4 is 23.4 Å². The first-order valence-corrected chi connectivity index (χ1v) is 11.1. The van der Waals surface area contributed by atoms with Gasteiger partial charge in [0, 0.05) is 41.4 Å². The molecule has 4 rings (SSSR count). The van der Waals surface area contributed by atoms with Crippen molar-refractivity contribution in [2.75, 3.05) is 11.4 Å². The third-order valence-electron chi connectivity index (χ3n) is 5.86. The van der Waals surface area contributed by atoms with E-state index in [2.05, 4.69) is 67.4 Å². The molecule has 5 heteroatoms. The van der Waals surface area contributed by atoms with Gasteiger partial charge in [-0.1, -0.05) is 19.1 Å². The molecule has 32 heavy (non-hydrogen) atoms. The molecule has 0 saturated heterocycles. The van der Waals surface area contributed by atoms with E-state index in [4.69, 9.17) is 0 Å². The summed E-state index contributed by atoms with van der Waals surface area (Å²) in [6, 6.07) is 17.7. The van der Waals surface area contributed by atoms with Crippen molar-refractivity contribution in [1.82, 2.24) is 9.99 Å². The molecule has 1 aliphatic rings. The molecule has 0 unspecified atom stereocenters. The fourth-order valence-electron chi connectivity index (χ4n) is 4.33. The van der Waals surface area contributed by atoms with Gasteiger partial charge >= 0.3 is 0 Å². The summed E-state index contributed by atoms with van der Waals surface area (Å²) >= 11 is 0. The number of benzene rings is 2. The molecule has 5 nitrogen and oxygen atoms in total. The van der Waals surface area contributed by atoms with Crippen molar-refractivity contribution in [2.24, 2.45) is 5.10 Å². The summed E-state index contributed by atoms with van der Waals surface area (Å²) in [7, 11) is 0. The van der Waals surface area contributed by atoms with Crippen molar-refractivity contribution in [1.29, 1.82) is 0 Å². The molecule has 1 aliphatic heterocycles. The molecule has 164 valence electrons. The van der Waals surface area contributed by atoms with Crippen LogP contribution in [0.15, 0.2) is 78.2 Å². The number of hydrogen-bond donors (Lipinski definition) is 1. The van der Waals surface area contributed by atoms with Crippen LogP contribution in [0.3, 0.4) is 0 Å². The molecule has 3 aromatic rings. The zero-order valence-corrected chi connectivity index (χ0v) is 19.2. The van der Waals surface area contributed by atoms with Gasteiger partial charge in [-0.05, 0) is 86.9 Å². The number of nitrogens with zero attached hydrogens (tertiary/aromatic N) is 3. The largest absolute Gasteiger partial charge is 0.362 e. The van der Waals surface area contributed by atoms with E-state index in [0.717, 1.165) is 24.2 Å². The second-order valence-corrected chi connectivity index (χ2v) is 8.75. The summed E-state index contributed by atoms with van der Waals surface area (Å²) in [5, 5.41) is 4.19. The van der Waals surface area contributed by atoms with Crippen LogP contribution in [-0.4, -0.2) is 28.8 Å². The van der Waals surface area contributed by atoms with E-state index in [1.165, 1.54) is 16.8 Å². The molecule has 0 atom stereocenters. The van der Waals surface area contributed by atoms with Crippen LogP contribution in [0, 0.1) is 0 Å². The third-order valence-corrected chi connectivity index (χ3v) is 5.86. The van der Waals surface area contributed by atoms with Crippen molar-refractivity contribution in [2.45, 2.75) is 39.7 Å². The van der Waals surface area contributed by atoms with Gasteiger partial charge in [0.1, 0.15) is 0 Å². The first-order valence-electron chi connectivity index (χ1n) is 11.1. The molecule has 0 spiro atoms. The molecule has 0 saturated carbocycles. The number of carbonyl (C=O) groups is 1. The normalized spacial score (nSPS) is 14.9. The van der Waals surface area contributed by atoms with Crippen LogP contribution < -0.4 is 10.3 Å². The molecule has 0 fully saturated rings. The highest BCUT2D eigenvalue weighted by Crippen LogP contribution is 2.39. The van der Waals surface area contributed by atoms with E-state index in [1.807, 2.05) is 41.2 Å². The molecule has 2 heterocycles. The van der Waals surface area contributed by atoms with E-state index in [9.17, 15) is 4.79 Å². The molecule has 1 amide bonds.